The van der Waals surface area contributed by atoms with Crippen LogP contribution in [-0.4, -0.2) is 22.4 Å². The quantitative estimate of drug-likeness (QED) is 0.939. The van der Waals surface area contributed by atoms with Gasteiger partial charge in [-0.15, -0.1) is 0 Å². The molecule has 0 radical (unpaired) electrons. The Balaban J connectivity index is 1.61. The predicted octanol–water partition coefficient (Wildman–Crippen LogP) is 2.56. The molecular weight excluding hydrogens is 262 g/mol. The number of nitrogens with one attached hydrogen (secondary N) is 1. The lowest BCUT2D eigenvalue weighted by molar-refractivity contribution is 0.303. The largest absolute Gasteiger partial charge is 0.312 e. The highest BCUT2D eigenvalue weighted by molar-refractivity contribution is 5.80. The predicted molar refractivity (Wildman–Crippen MR) is 85.4 cm³/mol. The molecule has 2 aromatic rings. The van der Waals surface area contributed by atoms with Crippen LogP contribution in [0.15, 0.2) is 35.3 Å². The van der Waals surface area contributed by atoms with Crippen LogP contribution >= 0.6 is 0 Å². The van der Waals surface area contributed by atoms with Crippen LogP contribution in [0.25, 0.3) is 10.8 Å². The number of aromatic nitrogens is 2. The molecule has 1 aromatic heterocycles. The van der Waals surface area contributed by atoms with Crippen molar-refractivity contribution in [1.82, 2.24) is 15.1 Å². The minimum Gasteiger partial charge on any atom is -0.312 e. The fourth-order valence-electron chi connectivity index (χ4n) is 3.13. The molecule has 0 amide bonds. The van der Waals surface area contributed by atoms with Gasteiger partial charge >= 0.3 is 0 Å². The van der Waals surface area contributed by atoms with E-state index in [-0.39, 0.29) is 5.56 Å². The Morgan fingerprint density at radius 1 is 1.24 bits per heavy atom. The van der Waals surface area contributed by atoms with Gasteiger partial charge in [-0.2, -0.15) is 5.10 Å². The molecule has 0 spiro atoms. The maximum Gasteiger partial charge on any atom is 0.274 e. The first-order valence-electron chi connectivity index (χ1n) is 7.92. The van der Waals surface area contributed by atoms with E-state index in [0.717, 1.165) is 23.2 Å². The van der Waals surface area contributed by atoms with E-state index in [1.165, 1.54) is 25.7 Å². The summed E-state index contributed by atoms with van der Waals surface area (Å²) >= 11 is 0. The van der Waals surface area contributed by atoms with Crippen LogP contribution < -0.4 is 10.9 Å². The van der Waals surface area contributed by atoms with Gasteiger partial charge in [-0.25, -0.2) is 4.68 Å². The Bertz CT molecular complexity index is 656. The lowest BCUT2D eigenvalue weighted by Crippen LogP contribution is -2.36. The Kier molecular flexibility index (Phi) is 4.34. The van der Waals surface area contributed by atoms with Gasteiger partial charge in [-0.3, -0.25) is 4.79 Å². The van der Waals surface area contributed by atoms with Gasteiger partial charge in [-0.1, -0.05) is 25.1 Å². The molecule has 4 nitrogen and oxygen atoms in total. The van der Waals surface area contributed by atoms with Crippen LogP contribution in [0.3, 0.4) is 0 Å². The second-order valence-corrected chi connectivity index (χ2v) is 6.17. The Labute approximate surface area is 125 Å². The van der Waals surface area contributed by atoms with Crippen LogP contribution in [0.5, 0.6) is 0 Å². The van der Waals surface area contributed by atoms with E-state index in [0.29, 0.717) is 12.6 Å². The molecule has 3 rings (SSSR count). The molecule has 0 atom stereocenters. The molecule has 1 N–H and O–H groups in total. The molecule has 1 saturated carbocycles. The lowest BCUT2D eigenvalue weighted by atomic mass is 9.87. The summed E-state index contributed by atoms with van der Waals surface area (Å²) in [7, 11) is 0. The Morgan fingerprint density at radius 2 is 2.00 bits per heavy atom. The zero-order chi connectivity index (χ0) is 14.7. The first-order chi connectivity index (χ1) is 10.2. The molecule has 112 valence electrons. The van der Waals surface area contributed by atoms with E-state index in [1.54, 1.807) is 10.9 Å². The SMILES string of the molecule is CC1CCC(NCCn2ncc3ccccc3c2=O)CC1. The smallest absolute Gasteiger partial charge is 0.274 e. The summed E-state index contributed by atoms with van der Waals surface area (Å²) in [6, 6.07) is 8.23. The van der Waals surface area contributed by atoms with Gasteiger partial charge in [0.2, 0.25) is 0 Å². The minimum absolute atomic E-state index is 0.00664. The van der Waals surface area contributed by atoms with Crippen LogP contribution in [0, 0.1) is 5.92 Å². The Morgan fingerprint density at radius 3 is 2.81 bits per heavy atom. The highest BCUT2D eigenvalue weighted by Crippen LogP contribution is 2.23. The first kappa shape index (κ1) is 14.3. The van der Waals surface area contributed by atoms with Crippen LogP contribution in [0.4, 0.5) is 0 Å². The number of benzene rings is 1. The molecule has 0 unspecified atom stereocenters. The molecule has 1 aliphatic carbocycles. The molecule has 1 aliphatic rings. The molecule has 21 heavy (non-hydrogen) atoms. The van der Waals surface area contributed by atoms with Crippen molar-refractivity contribution in [2.75, 3.05) is 6.54 Å². The third kappa shape index (κ3) is 3.32. The first-order valence-corrected chi connectivity index (χ1v) is 7.92. The summed E-state index contributed by atoms with van der Waals surface area (Å²) in [6.07, 6.45) is 6.90. The number of hydrogen-bond donors (Lipinski definition) is 1. The highest BCUT2D eigenvalue weighted by atomic mass is 16.1. The zero-order valence-electron chi connectivity index (χ0n) is 12.6. The van der Waals surface area contributed by atoms with Gasteiger partial charge in [-0.05, 0) is 37.7 Å². The molecule has 1 aromatic carbocycles. The summed E-state index contributed by atoms with van der Waals surface area (Å²) < 4.78 is 1.57. The zero-order valence-corrected chi connectivity index (χ0v) is 12.6. The average Bonchev–Trinajstić information content (AvgIpc) is 2.52. The summed E-state index contributed by atoms with van der Waals surface area (Å²) in [6.45, 7) is 3.77. The van der Waals surface area contributed by atoms with E-state index in [1.807, 2.05) is 24.3 Å². The third-order valence-electron chi connectivity index (χ3n) is 4.53. The number of nitrogens with zero attached hydrogens (tertiary/aromatic N) is 2. The van der Waals surface area contributed by atoms with Crippen molar-refractivity contribution in [2.24, 2.45) is 5.92 Å². The van der Waals surface area contributed by atoms with E-state index in [4.69, 9.17) is 0 Å². The van der Waals surface area contributed by atoms with Crippen molar-refractivity contribution in [3.8, 4) is 0 Å². The maximum atomic E-state index is 12.3. The summed E-state index contributed by atoms with van der Waals surface area (Å²) in [5.41, 5.74) is 0.00664. The van der Waals surface area contributed by atoms with Crippen LogP contribution in [-0.2, 0) is 6.54 Å². The van der Waals surface area contributed by atoms with E-state index >= 15 is 0 Å². The molecule has 1 heterocycles. The van der Waals surface area contributed by atoms with Crippen molar-refractivity contribution in [3.05, 3.63) is 40.8 Å². The van der Waals surface area contributed by atoms with Crippen molar-refractivity contribution in [2.45, 2.75) is 45.2 Å². The van der Waals surface area contributed by atoms with Gasteiger partial charge in [0.15, 0.2) is 0 Å². The number of rotatable bonds is 4. The van der Waals surface area contributed by atoms with E-state index < -0.39 is 0 Å². The van der Waals surface area contributed by atoms with Crippen molar-refractivity contribution in [3.63, 3.8) is 0 Å². The van der Waals surface area contributed by atoms with Gasteiger partial charge in [0.1, 0.15) is 0 Å². The van der Waals surface area contributed by atoms with E-state index in [9.17, 15) is 4.79 Å². The normalized spacial score (nSPS) is 22.5. The van der Waals surface area contributed by atoms with Gasteiger partial charge in [0.05, 0.1) is 18.1 Å². The van der Waals surface area contributed by atoms with Crippen LogP contribution in [0.2, 0.25) is 0 Å². The van der Waals surface area contributed by atoms with Gasteiger partial charge in [0, 0.05) is 18.0 Å². The van der Waals surface area contributed by atoms with Crippen LogP contribution in [0.1, 0.15) is 32.6 Å². The highest BCUT2D eigenvalue weighted by Gasteiger charge is 2.17. The summed E-state index contributed by atoms with van der Waals surface area (Å²) in [5, 5.41) is 9.49. The van der Waals surface area contributed by atoms with Gasteiger partial charge < -0.3 is 5.32 Å². The van der Waals surface area contributed by atoms with Crippen molar-refractivity contribution < 1.29 is 0 Å². The second-order valence-electron chi connectivity index (χ2n) is 6.17. The average molecular weight is 285 g/mol. The molecule has 0 bridgehead atoms. The fraction of sp³-hybridized carbons (Fsp3) is 0.529. The second kappa shape index (κ2) is 6.39. The molecular formula is C17H23N3O. The molecule has 1 fully saturated rings. The van der Waals surface area contributed by atoms with Crippen molar-refractivity contribution in [1.29, 1.82) is 0 Å². The molecule has 4 heteroatoms. The standard InChI is InChI=1S/C17H23N3O/c1-13-6-8-15(9-7-13)18-10-11-20-17(21)16-5-3-2-4-14(16)12-19-20/h2-5,12-13,15,18H,6-11H2,1H3. The van der Waals surface area contributed by atoms with Crippen molar-refractivity contribution >= 4 is 10.8 Å². The van der Waals surface area contributed by atoms with E-state index in [2.05, 4.69) is 17.3 Å². The topological polar surface area (TPSA) is 46.9 Å². The summed E-state index contributed by atoms with van der Waals surface area (Å²) in [5.74, 6) is 0.868. The number of hydrogen-bond acceptors (Lipinski definition) is 3. The minimum atomic E-state index is 0.00664. The lowest BCUT2D eigenvalue weighted by Gasteiger charge is -2.27. The Hall–Kier alpha value is -1.68. The molecule has 0 aliphatic heterocycles. The van der Waals surface area contributed by atoms with Gasteiger partial charge in [0.25, 0.3) is 5.56 Å². The summed E-state index contributed by atoms with van der Waals surface area (Å²) in [4.78, 5) is 12.3. The number of fused-ring (bicyclic) bond motifs is 1. The fourth-order valence-corrected chi connectivity index (χ4v) is 3.13. The molecule has 0 saturated heterocycles. The third-order valence-corrected chi connectivity index (χ3v) is 4.53. The monoisotopic (exact) mass is 285 g/mol. The maximum absolute atomic E-state index is 12.3.